The van der Waals surface area contributed by atoms with Gasteiger partial charge in [-0.25, -0.2) is 4.79 Å². The van der Waals surface area contributed by atoms with E-state index in [-0.39, 0.29) is 17.8 Å². The van der Waals surface area contributed by atoms with Gasteiger partial charge in [0.25, 0.3) is 11.8 Å². The van der Waals surface area contributed by atoms with Crippen LogP contribution < -0.4 is 0 Å². The zero-order valence-corrected chi connectivity index (χ0v) is 16.7. The fourth-order valence-electron chi connectivity index (χ4n) is 3.72. The first-order valence-electron chi connectivity index (χ1n) is 9.26. The molecule has 0 aliphatic carbocycles. The van der Waals surface area contributed by atoms with E-state index in [4.69, 9.17) is 0 Å². The van der Waals surface area contributed by atoms with Gasteiger partial charge in [0.1, 0.15) is 11.1 Å². The number of nitrogens with zero attached hydrogens (tertiary/aromatic N) is 3. The molecule has 0 unspecified atom stereocenters. The number of rotatable bonds is 1. The lowest BCUT2D eigenvalue weighted by Crippen LogP contribution is -2.56. The van der Waals surface area contributed by atoms with Crippen LogP contribution in [0.5, 0.6) is 0 Å². The van der Waals surface area contributed by atoms with Gasteiger partial charge in [0, 0.05) is 38.3 Å². The number of benzene rings is 1. The number of hydrogen-bond acceptors (Lipinski definition) is 4. The zero-order valence-electron chi connectivity index (χ0n) is 16.7. The average Bonchev–Trinajstić information content (AvgIpc) is 2.82. The third-order valence-electron chi connectivity index (χ3n) is 5.42. The molecular weight excluding hydrogens is 358 g/mol. The van der Waals surface area contributed by atoms with Gasteiger partial charge >= 0.3 is 6.03 Å². The predicted molar refractivity (Wildman–Crippen MR) is 103 cm³/mol. The van der Waals surface area contributed by atoms with E-state index in [1.54, 1.807) is 50.1 Å². The van der Waals surface area contributed by atoms with Crippen LogP contribution in [0.2, 0.25) is 0 Å². The summed E-state index contributed by atoms with van der Waals surface area (Å²) in [7, 11) is 3.14. The molecule has 2 fully saturated rings. The van der Waals surface area contributed by atoms with Gasteiger partial charge in [0.05, 0.1) is 0 Å². The second-order valence-corrected chi connectivity index (χ2v) is 7.92. The molecule has 2 aliphatic heterocycles. The van der Waals surface area contributed by atoms with Crippen LogP contribution in [-0.4, -0.2) is 76.0 Å². The summed E-state index contributed by atoms with van der Waals surface area (Å²) in [6, 6.07) is 6.67. The van der Waals surface area contributed by atoms with E-state index in [1.807, 2.05) is 0 Å². The van der Waals surface area contributed by atoms with Gasteiger partial charge in [0.15, 0.2) is 0 Å². The lowest BCUT2D eigenvalue weighted by molar-refractivity contribution is -0.134. The van der Waals surface area contributed by atoms with Crippen LogP contribution in [0.1, 0.15) is 42.6 Å². The Morgan fingerprint density at radius 3 is 2.36 bits per heavy atom. The van der Waals surface area contributed by atoms with Crippen molar-refractivity contribution in [1.29, 1.82) is 0 Å². The zero-order chi connectivity index (χ0) is 20.7. The topological polar surface area (TPSA) is 81.2 Å². The summed E-state index contributed by atoms with van der Waals surface area (Å²) in [6.45, 7) is 4.00. The molecule has 28 heavy (non-hydrogen) atoms. The highest BCUT2D eigenvalue weighted by Crippen LogP contribution is 2.35. The molecule has 3 rings (SSSR count). The number of likely N-dealkylation sites (tertiary alicyclic amines) is 1. The van der Waals surface area contributed by atoms with Crippen molar-refractivity contribution in [2.45, 2.75) is 37.8 Å². The highest BCUT2D eigenvalue weighted by molar-refractivity contribution is 6.06. The Hall–Kier alpha value is -2.85. The molecule has 1 spiro atoms. The molecule has 2 aliphatic rings. The minimum Gasteiger partial charge on any atom is -0.378 e. The first kappa shape index (κ1) is 19.9. The number of likely N-dealkylation sites (N-methyl/N-ethyl adjacent to an activating group) is 2. The van der Waals surface area contributed by atoms with Crippen molar-refractivity contribution in [1.82, 2.24) is 14.7 Å². The Kier molecular flexibility index (Phi) is 4.94. The van der Waals surface area contributed by atoms with Gasteiger partial charge in [-0.2, -0.15) is 0 Å². The summed E-state index contributed by atoms with van der Waals surface area (Å²) in [5, 5.41) is 9.73. The quantitative estimate of drug-likeness (QED) is 0.586. The molecule has 0 aromatic heterocycles. The van der Waals surface area contributed by atoms with Crippen molar-refractivity contribution >= 4 is 17.8 Å². The Bertz CT molecular complexity index is 883. The number of hydrogen-bond donors (Lipinski definition) is 1. The number of carbonyl (C=O) groups excluding carboxylic acids is 3. The smallest absolute Gasteiger partial charge is 0.327 e. The Labute approximate surface area is 164 Å². The van der Waals surface area contributed by atoms with Crippen LogP contribution in [0.15, 0.2) is 24.3 Å². The highest BCUT2D eigenvalue weighted by atomic mass is 16.3. The van der Waals surface area contributed by atoms with Crippen LogP contribution >= 0.6 is 0 Å². The molecule has 7 nitrogen and oxygen atoms in total. The number of piperidine rings is 1. The number of urea groups is 1. The maximum absolute atomic E-state index is 12.9. The Morgan fingerprint density at radius 1 is 1.18 bits per heavy atom. The van der Waals surface area contributed by atoms with Crippen LogP contribution in [0.3, 0.4) is 0 Å². The average molecular weight is 383 g/mol. The van der Waals surface area contributed by atoms with E-state index >= 15 is 0 Å². The molecule has 7 heteroatoms. The molecular formula is C21H25N3O4. The van der Waals surface area contributed by atoms with E-state index in [0.717, 1.165) is 4.90 Å². The van der Waals surface area contributed by atoms with E-state index < -0.39 is 11.1 Å². The van der Waals surface area contributed by atoms with Crippen molar-refractivity contribution in [3.8, 4) is 11.8 Å². The van der Waals surface area contributed by atoms with Crippen molar-refractivity contribution in [2.75, 3.05) is 27.2 Å². The van der Waals surface area contributed by atoms with Crippen LogP contribution in [0.25, 0.3) is 0 Å². The fraction of sp³-hybridized carbons (Fsp3) is 0.476. The largest absolute Gasteiger partial charge is 0.378 e. The summed E-state index contributed by atoms with van der Waals surface area (Å²) in [6.07, 6.45) is 0.838. The van der Waals surface area contributed by atoms with Crippen molar-refractivity contribution < 1.29 is 19.5 Å². The van der Waals surface area contributed by atoms with Crippen LogP contribution in [0, 0.1) is 11.8 Å². The van der Waals surface area contributed by atoms with Crippen molar-refractivity contribution in [3.63, 3.8) is 0 Å². The molecule has 0 bridgehead atoms. The maximum Gasteiger partial charge on any atom is 0.327 e. The van der Waals surface area contributed by atoms with E-state index in [9.17, 15) is 19.5 Å². The normalized spacial score (nSPS) is 19.1. The van der Waals surface area contributed by atoms with Gasteiger partial charge < -0.3 is 14.9 Å². The molecule has 2 saturated heterocycles. The lowest BCUT2D eigenvalue weighted by atomic mass is 9.86. The fourth-order valence-corrected chi connectivity index (χ4v) is 3.72. The van der Waals surface area contributed by atoms with E-state index in [0.29, 0.717) is 37.1 Å². The summed E-state index contributed by atoms with van der Waals surface area (Å²) in [5.41, 5.74) is -0.786. The Balaban J connectivity index is 1.73. The predicted octanol–water partition coefficient (Wildman–Crippen LogP) is 1.31. The summed E-state index contributed by atoms with van der Waals surface area (Å²) in [4.78, 5) is 42.0. The van der Waals surface area contributed by atoms with Crippen molar-refractivity contribution in [3.05, 3.63) is 35.4 Å². The highest BCUT2D eigenvalue weighted by Gasteiger charge is 2.55. The third kappa shape index (κ3) is 3.48. The van der Waals surface area contributed by atoms with Gasteiger partial charge in [-0.15, -0.1) is 0 Å². The number of aliphatic hydroxyl groups is 1. The van der Waals surface area contributed by atoms with E-state index in [1.165, 1.54) is 11.9 Å². The van der Waals surface area contributed by atoms with Gasteiger partial charge in [-0.1, -0.05) is 17.9 Å². The molecule has 1 N–H and O–H groups in total. The second kappa shape index (κ2) is 6.95. The second-order valence-electron chi connectivity index (χ2n) is 7.92. The minimum atomic E-state index is -1.11. The maximum atomic E-state index is 12.9. The van der Waals surface area contributed by atoms with Crippen LogP contribution in [0.4, 0.5) is 4.79 Å². The standard InChI is InChI=1S/C21H25N3O4/c1-20(2,28)9-8-15-6-5-7-16(14-15)17(25)24-12-10-21(11-13-24)18(26)22(3)19(27)23(21)4/h5-7,14,28H,10-13H2,1-4H3. The minimum absolute atomic E-state index is 0.130. The van der Waals surface area contributed by atoms with Gasteiger partial charge in [-0.3, -0.25) is 14.5 Å². The monoisotopic (exact) mass is 383 g/mol. The molecule has 0 saturated carbocycles. The summed E-state index contributed by atoms with van der Waals surface area (Å²) < 4.78 is 0. The van der Waals surface area contributed by atoms with E-state index in [2.05, 4.69) is 11.8 Å². The van der Waals surface area contributed by atoms with Gasteiger partial charge in [-0.05, 0) is 44.9 Å². The molecule has 0 atom stereocenters. The van der Waals surface area contributed by atoms with Crippen molar-refractivity contribution in [2.24, 2.45) is 0 Å². The molecule has 0 radical (unpaired) electrons. The Morgan fingerprint density at radius 2 is 1.82 bits per heavy atom. The first-order chi connectivity index (χ1) is 13.0. The first-order valence-corrected chi connectivity index (χ1v) is 9.26. The molecule has 148 valence electrons. The molecule has 1 aromatic carbocycles. The number of carbonyl (C=O) groups is 3. The number of imide groups is 1. The molecule has 1 aromatic rings. The van der Waals surface area contributed by atoms with Crippen LogP contribution in [-0.2, 0) is 4.79 Å². The lowest BCUT2D eigenvalue weighted by Gasteiger charge is -2.40. The SMILES string of the molecule is CN1C(=O)N(C)C2(CCN(C(=O)c3cccc(C#CC(C)(C)O)c3)CC2)C1=O. The molecule has 2 heterocycles. The summed E-state index contributed by atoms with van der Waals surface area (Å²) >= 11 is 0. The number of amides is 4. The summed E-state index contributed by atoms with van der Waals surface area (Å²) in [5.74, 6) is 5.29. The van der Waals surface area contributed by atoms with Gasteiger partial charge in [0.2, 0.25) is 0 Å². The third-order valence-corrected chi connectivity index (χ3v) is 5.42. The molecule has 4 amide bonds.